The van der Waals surface area contributed by atoms with Gasteiger partial charge in [-0.2, -0.15) is 0 Å². The zero-order valence-corrected chi connectivity index (χ0v) is 24.2. The van der Waals surface area contributed by atoms with Crippen molar-refractivity contribution in [2.75, 3.05) is 159 Å². The third kappa shape index (κ3) is 35.0. The molecule has 1 N–H and O–H groups in total. The molecule has 0 aliphatic carbocycles. The Bertz CT molecular complexity index is 486. The lowest BCUT2D eigenvalue weighted by Crippen LogP contribution is -2.15. The summed E-state index contributed by atoms with van der Waals surface area (Å²) in [5.41, 5.74) is 0. The molecule has 0 rings (SSSR count). The number of rotatable bonds is 35. The van der Waals surface area contributed by atoms with E-state index in [0.717, 1.165) is 0 Å². The molecule has 0 saturated carbocycles. The van der Waals surface area contributed by atoms with Crippen LogP contribution in [0.3, 0.4) is 0 Å². The summed E-state index contributed by atoms with van der Waals surface area (Å²) < 4.78 is 63.5. The van der Waals surface area contributed by atoms with Crippen molar-refractivity contribution in [1.82, 2.24) is 0 Å². The van der Waals surface area contributed by atoms with Crippen LogP contribution in [0.15, 0.2) is 0 Å². The minimum atomic E-state index is -0.287. The molecule has 0 atom stereocenters. The van der Waals surface area contributed by atoms with Crippen LogP contribution in [0.5, 0.6) is 0 Å². The highest BCUT2D eigenvalue weighted by Crippen LogP contribution is 1.88. The second-order valence-corrected chi connectivity index (χ2v) is 7.79. The first-order chi connectivity index (χ1) is 19.8. The van der Waals surface area contributed by atoms with Gasteiger partial charge in [0.1, 0.15) is 0 Å². The summed E-state index contributed by atoms with van der Waals surface area (Å²) in [6.45, 7) is 10.4. The van der Waals surface area contributed by atoms with Crippen LogP contribution in [0.4, 0.5) is 0 Å². The SMILES string of the molecule is COC(=O)CCOCCOCCOCCOCCOCCOCCOCCOCCOCCOCCOCCO. The van der Waals surface area contributed by atoms with Crippen LogP contribution < -0.4 is 0 Å². The Morgan fingerprint density at radius 2 is 0.575 bits per heavy atom. The van der Waals surface area contributed by atoms with Gasteiger partial charge in [-0.25, -0.2) is 0 Å². The van der Waals surface area contributed by atoms with Crippen molar-refractivity contribution in [1.29, 1.82) is 0 Å². The zero-order valence-electron chi connectivity index (χ0n) is 24.2. The van der Waals surface area contributed by atoms with Gasteiger partial charge in [-0.05, 0) is 0 Å². The summed E-state index contributed by atoms with van der Waals surface area (Å²) in [6, 6.07) is 0. The number of hydrogen-bond acceptors (Lipinski definition) is 14. The van der Waals surface area contributed by atoms with E-state index < -0.39 is 0 Å². The number of methoxy groups -OCH3 is 1. The van der Waals surface area contributed by atoms with Gasteiger partial charge < -0.3 is 61.9 Å². The minimum absolute atomic E-state index is 0.0228. The summed E-state index contributed by atoms with van der Waals surface area (Å²) in [5, 5.41) is 8.56. The van der Waals surface area contributed by atoms with Gasteiger partial charge in [0, 0.05) is 0 Å². The van der Waals surface area contributed by atoms with E-state index in [4.69, 9.17) is 57.2 Å². The molecule has 0 aromatic carbocycles. The van der Waals surface area contributed by atoms with Crippen LogP contribution in [0.1, 0.15) is 6.42 Å². The fourth-order valence-electron chi connectivity index (χ4n) is 2.62. The molecule has 240 valence electrons. The summed E-state index contributed by atoms with van der Waals surface area (Å²) in [7, 11) is 1.35. The molecule has 0 bridgehead atoms. The van der Waals surface area contributed by atoms with Crippen LogP contribution in [-0.4, -0.2) is 170 Å². The summed E-state index contributed by atoms with van der Waals surface area (Å²) >= 11 is 0. The fourth-order valence-corrected chi connectivity index (χ4v) is 2.62. The van der Waals surface area contributed by atoms with Gasteiger partial charge in [-0.15, -0.1) is 0 Å². The molecule has 0 aliphatic heterocycles. The summed E-state index contributed by atoms with van der Waals surface area (Å²) in [5.74, 6) is -0.287. The van der Waals surface area contributed by atoms with E-state index in [1.807, 2.05) is 0 Å². The molecule has 40 heavy (non-hydrogen) atoms. The number of carbonyl (C=O) groups excluding carboxylic acids is 1. The number of hydrogen-bond donors (Lipinski definition) is 1. The third-order valence-electron chi connectivity index (χ3n) is 4.63. The Labute approximate surface area is 238 Å². The van der Waals surface area contributed by atoms with Crippen LogP contribution >= 0.6 is 0 Å². The van der Waals surface area contributed by atoms with E-state index >= 15 is 0 Å². The molecule has 0 aliphatic rings. The van der Waals surface area contributed by atoms with Crippen molar-refractivity contribution < 1.29 is 66.7 Å². The Kier molecular flexibility index (Phi) is 35.1. The van der Waals surface area contributed by atoms with Crippen LogP contribution in [0.2, 0.25) is 0 Å². The largest absolute Gasteiger partial charge is 0.469 e. The maximum Gasteiger partial charge on any atom is 0.307 e. The Morgan fingerprint density at radius 1 is 0.375 bits per heavy atom. The van der Waals surface area contributed by atoms with Crippen molar-refractivity contribution in [3.8, 4) is 0 Å². The molecule has 14 nitrogen and oxygen atoms in total. The smallest absolute Gasteiger partial charge is 0.307 e. The first-order valence-corrected chi connectivity index (χ1v) is 13.8. The van der Waals surface area contributed by atoms with Gasteiger partial charge >= 0.3 is 5.97 Å². The molecule has 0 fully saturated rings. The molecule has 0 spiro atoms. The lowest BCUT2D eigenvalue weighted by molar-refractivity contribution is -0.141. The van der Waals surface area contributed by atoms with Gasteiger partial charge in [0.15, 0.2) is 0 Å². The Hall–Kier alpha value is -1.01. The maximum absolute atomic E-state index is 10.9. The number of aliphatic hydroxyl groups excluding tert-OH is 1. The first kappa shape index (κ1) is 39.0. The number of carbonyl (C=O) groups is 1. The molecule has 14 heteroatoms. The van der Waals surface area contributed by atoms with Gasteiger partial charge in [0.05, 0.1) is 165 Å². The average molecular weight is 589 g/mol. The molecule has 0 radical (unpaired) electrons. The second-order valence-electron chi connectivity index (χ2n) is 7.79. The quantitative estimate of drug-likeness (QED) is 0.0764. The van der Waals surface area contributed by atoms with Crippen LogP contribution in [0, 0.1) is 0 Å². The van der Waals surface area contributed by atoms with Crippen molar-refractivity contribution in [2.24, 2.45) is 0 Å². The van der Waals surface area contributed by atoms with Gasteiger partial charge in [0.25, 0.3) is 0 Å². The van der Waals surface area contributed by atoms with Gasteiger partial charge in [-0.3, -0.25) is 4.79 Å². The van der Waals surface area contributed by atoms with Crippen molar-refractivity contribution >= 4 is 5.97 Å². The highest BCUT2D eigenvalue weighted by molar-refractivity contribution is 5.69. The number of ether oxygens (including phenoxy) is 12. The highest BCUT2D eigenvalue weighted by Gasteiger charge is 1.99. The molecule has 0 aromatic rings. The normalized spacial score (nSPS) is 11.3. The van der Waals surface area contributed by atoms with E-state index in [1.54, 1.807) is 0 Å². The molecular formula is C26H52O14. The zero-order chi connectivity index (χ0) is 29.0. The van der Waals surface area contributed by atoms with E-state index in [1.165, 1.54) is 7.11 Å². The summed E-state index contributed by atoms with van der Waals surface area (Å²) in [4.78, 5) is 10.9. The predicted molar refractivity (Wildman–Crippen MR) is 143 cm³/mol. The van der Waals surface area contributed by atoms with E-state index in [2.05, 4.69) is 4.74 Å². The Morgan fingerprint density at radius 3 is 0.775 bits per heavy atom. The molecule has 0 unspecified atom stereocenters. The first-order valence-electron chi connectivity index (χ1n) is 13.8. The van der Waals surface area contributed by atoms with Crippen molar-refractivity contribution in [3.05, 3.63) is 0 Å². The van der Waals surface area contributed by atoms with Crippen LogP contribution in [0.25, 0.3) is 0 Å². The lowest BCUT2D eigenvalue weighted by atomic mass is 10.5. The second kappa shape index (κ2) is 36.0. The highest BCUT2D eigenvalue weighted by atomic mass is 16.6. The number of esters is 1. The molecule has 0 aromatic heterocycles. The molecule has 0 amide bonds. The maximum atomic E-state index is 10.9. The Balaban J connectivity index is 3.04. The van der Waals surface area contributed by atoms with E-state index in [-0.39, 0.29) is 19.0 Å². The molecular weight excluding hydrogens is 536 g/mol. The fraction of sp³-hybridized carbons (Fsp3) is 0.962. The summed E-state index contributed by atoms with van der Waals surface area (Å²) in [6.07, 6.45) is 0.244. The average Bonchev–Trinajstić information content (AvgIpc) is 2.97. The predicted octanol–water partition coefficient (Wildman–Crippen LogP) is -0.276. The molecule has 0 saturated heterocycles. The number of aliphatic hydroxyl groups is 1. The third-order valence-corrected chi connectivity index (χ3v) is 4.63. The van der Waals surface area contributed by atoms with Crippen molar-refractivity contribution in [2.45, 2.75) is 6.42 Å². The lowest BCUT2D eigenvalue weighted by Gasteiger charge is -2.09. The molecule has 0 heterocycles. The van der Waals surface area contributed by atoms with Gasteiger partial charge in [0.2, 0.25) is 0 Å². The van der Waals surface area contributed by atoms with Gasteiger partial charge in [-0.1, -0.05) is 0 Å². The van der Waals surface area contributed by atoms with Crippen molar-refractivity contribution in [3.63, 3.8) is 0 Å². The minimum Gasteiger partial charge on any atom is -0.469 e. The van der Waals surface area contributed by atoms with E-state index in [9.17, 15) is 4.79 Å². The standard InChI is InChI=1S/C26H52O14/c1-29-26(28)2-4-30-6-8-32-10-12-34-14-16-36-18-20-38-22-24-40-25-23-39-21-19-37-17-15-35-13-11-33-9-7-31-5-3-27/h27H,2-25H2,1H3. The topological polar surface area (TPSA) is 148 Å². The monoisotopic (exact) mass is 588 g/mol. The van der Waals surface area contributed by atoms with E-state index in [0.29, 0.717) is 145 Å². The van der Waals surface area contributed by atoms with Crippen LogP contribution in [-0.2, 0) is 61.6 Å².